The quantitative estimate of drug-likeness (QED) is 0.664. The molecule has 3 aromatic rings. The second kappa shape index (κ2) is 8.03. The molecule has 0 saturated heterocycles. The van der Waals surface area contributed by atoms with Crippen LogP contribution in [0.2, 0.25) is 0 Å². The summed E-state index contributed by atoms with van der Waals surface area (Å²) in [6.07, 6.45) is 7.15. The predicted molar refractivity (Wildman–Crippen MR) is 113 cm³/mol. The monoisotopic (exact) mass is 389 g/mol. The van der Waals surface area contributed by atoms with Gasteiger partial charge in [-0.2, -0.15) is 0 Å². The number of nitrogens with one attached hydrogen (secondary N) is 1. The summed E-state index contributed by atoms with van der Waals surface area (Å²) in [5.74, 6) is -0.355. The number of nitrogen functional groups attached to an aromatic ring is 1. The highest BCUT2D eigenvalue weighted by molar-refractivity contribution is 5.95. The van der Waals surface area contributed by atoms with Gasteiger partial charge in [-0.15, -0.1) is 0 Å². The molecule has 1 amide bonds. The van der Waals surface area contributed by atoms with Gasteiger partial charge in [-0.05, 0) is 48.2 Å². The number of hydrogen-bond donors (Lipinski definition) is 2. The molecule has 0 unspecified atom stereocenters. The van der Waals surface area contributed by atoms with Crippen molar-refractivity contribution in [2.45, 2.75) is 31.1 Å². The van der Waals surface area contributed by atoms with Gasteiger partial charge in [-0.25, -0.2) is 4.39 Å². The van der Waals surface area contributed by atoms with E-state index >= 15 is 0 Å². The minimum Gasteiger partial charge on any atom is -0.397 e. The topological polar surface area (TPSA) is 68.0 Å². The van der Waals surface area contributed by atoms with Gasteiger partial charge in [0.15, 0.2) is 0 Å². The Morgan fingerprint density at radius 3 is 2.59 bits per heavy atom. The molecule has 4 rings (SSSR count). The molecule has 1 aliphatic rings. The van der Waals surface area contributed by atoms with Crippen molar-refractivity contribution >= 4 is 11.6 Å². The zero-order valence-corrected chi connectivity index (χ0v) is 16.2. The number of hydrogen-bond acceptors (Lipinski definition) is 3. The van der Waals surface area contributed by atoms with E-state index in [-0.39, 0.29) is 17.1 Å². The van der Waals surface area contributed by atoms with Crippen LogP contribution in [0.25, 0.3) is 11.1 Å². The molecule has 0 bridgehead atoms. The number of aromatic nitrogens is 1. The van der Waals surface area contributed by atoms with Crippen LogP contribution >= 0.6 is 0 Å². The lowest BCUT2D eigenvalue weighted by molar-refractivity contribution is 0.0942. The van der Waals surface area contributed by atoms with Crippen LogP contribution in [0.3, 0.4) is 0 Å². The van der Waals surface area contributed by atoms with Crippen LogP contribution < -0.4 is 11.1 Å². The van der Waals surface area contributed by atoms with Crippen molar-refractivity contribution in [3.63, 3.8) is 0 Å². The van der Waals surface area contributed by atoms with Crippen LogP contribution in [0, 0.1) is 5.82 Å². The van der Waals surface area contributed by atoms with Gasteiger partial charge in [0.1, 0.15) is 5.82 Å². The minimum atomic E-state index is -0.337. The Hall–Kier alpha value is -3.21. The van der Waals surface area contributed by atoms with E-state index in [4.69, 9.17) is 5.73 Å². The second-order valence-electron chi connectivity index (χ2n) is 7.74. The van der Waals surface area contributed by atoms with Crippen molar-refractivity contribution < 1.29 is 9.18 Å². The molecule has 3 N–H and O–H groups in total. The Morgan fingerprint density at radius 1 is 1.03 bits per heavy atom. The van der Waals surface area contributed by atoms with E-state index in [1.165, 1.54) is 6.07 Å². The number of anilines is 1. The molecule has 1 saturated carbocycles. The van der Waals surface area contributed by atoms with Gasteiger partial charge in [-0.3, -0.25) is 9.78 Å². The third kappa shape index (κ3) is 3.99. The molecule has 0 atom stereocenters. The highest BCUT2D eigenvalue weighted by Crippen LogP contribution is 2.41. The molecule has 2 aromatic carbocycles. The summed E-state index contributed by atoms with van der Waals surface area (Å²) in [6.45, 7) is 0.427. The predicted octanol–water partition coefficient (Wildman–Crippen LogP) is 4.71. The Bertz CT molecular complexity index is 1030. The molecule has 148 valence electrons. The van der Waals surface area contributed by atoms with Gasteiger partial charge < -0.3 is 11.1 Å². The highest BCUT2D eigenvalue weighted by atomic mass is 19.1. The van der Waals surface area contributed by atoms with Crippen molar-refractivity contribution in [1.82, 2.24) is 10.3 Å². The first-order chi connectivity index (χ1) is 14.1. The summed E-state index contributed by atoms with van der Waals surface area (Å²) in [5.41, 5.74) is 9.06. The third-order valence-electron chi connectivity index (χ3n) is 5.81. The summed E-state index contributed by atoms with van der Waals surface area (Å²) in [7, 11) is 0. The van der Waals surface area contributed by atoms with Crippen molar-refractivity contribution in [1.29, 1.82) is 0 Å². The number of nitrogens with two attached hydrogens (primary N) is 1. The summed E-state index contributed by atoms with van der Waals surface area (Å²) in [5, 5.41) is 3.05. The maximum atomic E-state index is 14.5. The van der Waals surface area contributed by atoms with E-state index in [0.717, 1.165) is 36.8 Å². The Morgan fingerprint density at radius 2 is 1.83 bits per heavy atom. The summed E-state index contributed by atoms with van der Waals surface area (Å²) in [4.78, 5) is 17.0. The molecule has 0 radical (unpaired) electrons. The molecule has 1 fully saturated rings. The molecular weight excluding hydrogens is 365 g/mol. The first-order valence-electron chi connectivity index (χ1n) is 9.92. The number of rotatable bonds is 5. The fourth-order valence-corrected chi connectivity index (χ4v) is 4.29. The van der Waals surface area contributed by atoms with Gasteiger partial charge in [0.05, 0.1) is 5.69 Å². The number of carbonyl (C=O) groups is 1. The van der Waals surface area contributed by atoms with E-state index in [9.17, 15) is 9.18 Å². The largest absolute Gasteiger partial charge is 0.397 e. The van der Waals surface area contributed by atoms with Crippen LogP contribution in [0.1, 0.15) is 41.6 Å². The van der Waals surface area contributed by atoms with Crippen molar-refractivity contribution in [2.24, 2.45) is 0 Å². The second-order valence-corrected chi connectivity index (χ2v) is 7.74. The molecule has 0 spiro atoms. The van der Waals surface area contributed by atoms with E-state index in [1.54, 1.807) is 24.5 Å². The van der Waals surface area contributed by atoms with Gasteiger partial charge in [0.2, 0.25) is 0 Å². The van der Waals surface area contributed by atoms with Gasteiger partial charge in [0.25, 0.3) is 5.91 Å². The van der Waals surface area contributed by atoms with Crippen molar-refractivity contribution in [3.05, 3.63) is 83.9 Å². The number of pyridine rings is 1. The maximum absolute atomic E-state index is 14.5. The van der Waals surface area contributed by atoms with Crippen LogP contribution in [0.5, 0.6) is 0 Å². The zero-order valence-electron chi connectivity index (χ0n) is 16.2. The first-order valence-corrected chi connectivity index (χ1v) is 9.92. The van der Waals surface area contributed by atoms with Crippen molar-refractivity contribution in [2.75, 3.05) is 12.3 Å². The lowest BCUT2D eigenvalue weighted by Crippen LogP contribution is -2.39. The fraction of sp³-hybridized carbons (Fsp3) is 0.250. The zero-order chi connectivity index (χ0) is 20.3. The lowest BCUT2D eigenvalue weighted by atomic mass is 9.78. The number of amides is 1. The average Bonchev–Trinajstić information content (AvgIpc) is 3.22. The SMILES string of the molecule is Nc1cncc(-c2cccc(C(=O)NCC3(c4ccccc4F)CCCC3)c2)c1. The summed E-state index contributed by atoms with van der Waals surface area (Å²) in [6, 6.07) is 16.1. The van der Waals surface area contributed by atoms with Crippen LogP contribution in [-0.4, -0.2) is 17.4 Å². The minimum absolute atomic E-state index is 0.161. The van der Waals surface area contributed by atoms with Gasteiger partial charge >= 0.3 is 0 Å². The highest BCUT2D eigenvalue weighted by Gasteiger charge is 2.37. The number of halogens is 1. The standard InChI is InChI=1S/C24H24FN3O/c25-22-9-2-1-8-21(22)24(10-3-4-11-24)16-28-23(29)18-7-5-6-17(12-18)19-13-20(26)15-27-14-19/h1-2,5-9,12-15H,3-4,10-11,16,26H2,(H,28,29). The van der Waals surface area contributed by atoms with Crippen LogP contribution in [0.15, 0.2) is 67.0 Å². The Balaban J connectivity index is 1.54. The van der Waals surface area contributed by atoms with Gasteiger partial charge in [0, 0.05) is 35.5 Å². The molecule has 1 aliphatic carbocycles. The summed E-state index contributed by atoms with van der Waals surface area (Å²) >= 11 is 0. The van der Waals surface area contributed by atoms with E-state index in [2.05, 4.69) is 10.3 Å². The van der Waals surface area contributed by atoms with Gasteiger partial charge in [-0.1, -0.05) is 43.2 Å². The fourth-order valence-electron chi connectivity index (χ4n) is 4.29. The average molecular weight is 389 g/mol. The maximum Gasteiger partial charge on any atom is 0.251 e. The number of nitrogens with zero attached hydrogens (tertiary/aromatic N) is 1. The Labute approximate surface area is 170 Å². The summed E-state index contributed by atoms with van der Waals surface area (Å²) < 4.78 is 14.5. The number of carbonyl (C=O) groups excluding carboxylic acids is 1. The van der Waals surface area contributed by atoms with E-state index < -0.39 is 0 Å². The lowest BCUT2D eigenvalue weighted by Gasteiger charge is -2.30. The number of benzene rings is 2. The molecule has 4 nitrogen and oxygen atoms in total. The first kappa shape index (κ1) is 19.1. The van der Waals surface area contributed by atoms with Crippen molar-refractivity contribution in [3.8, 4) is 11.1 Å². The van der Waals surface area contributed by atoms with Crippen LogP contribution in [-0.2, 0) is 5.41 Å². The Kier molecular flexibility index (Phi) is 5.30. The molecule has 1 heterocycles. The molecular formula is C24H24FN3O. The molecule has 29 heavy (non-hydrogen) atoms. The molecule has 0 aliphatic heterocycles. The third-order valence-corrected chi connectivity index (χ3v) is 5.81. The normalized spacial score (nSPS) is 15.2. The van der Waals surface area contributed by atoms with E-state index in [1.807, 2.05) is 36.4 Å². The van der Waals surface area contributed by atoms with E-state index in [0.29, 0.717) is 23.4 Å². The smallest absolute Gasteiger partial charge is 0.251 e. The molecule has 5 heteroatoms. The molecule has 1 aromatic heterocycles. The van der Waals surface area contributed by atoms with Crippen LogP contribution in [0.4, 0.5) is 10.1 Å².